The maximum absolute atomic E-state index is 14.9. The average Bonchev–Trinajstić information content (AvgIpc) is 3.66. The number of β-lactam (4-membered cyclic amide) rings is 1. The zero-order valence-electron chi connectivity index (χ0n) is 24.4. The van der Waals surface area contributed by atoms with E-state index in [2.05, 4.69) is 15.5 Å². The number of thioether (sulfide) groups is 1. The fraction of sp³-hybridized carbons (Fsp3) is 0.207. The Kier molecular flexibility index (Phi) is 8.61. The lowest BCUT2D eigenvalue weighted by atomic mass is 10.0. The second kappa shape index (κ2) is 12.7. The Hall–Kier alpha value is -5.00. The van der Waals surface area contributed by atoms with Gasteiger partial charge in [-0.1, -0.05) is 16.8 Å². The van der Waals surface area contributed by atoms with Crippen LogP contribution in [0.2, 0.25) is 5.02 Å². The topological polar surface area (TPSA) is 209 Å². The third-order valence-electron chi connectivity index (χ3n) is 7.64. The summed E-state index contributed by atoms with van der Waals surface area (Å²) in [4.78, 5) is 48.7. The number of aromatic nitrogens is 3. The molecule has 2 amide bonds. The lowest BCUT2D eigenvalue weighted by Gasteiger charge is -2.50. The summed E-state index contributed by atoms with van der Waals surface area (Å²) in [5.74, 6) is -3.54. The van der Waals surface area contributed by atoms with Crippen LogP contribution in [-0.4, -0.2) is 68.1 Å². The Morgan fingerprint density at radius 3 is 2.81 bits per heavy atom. The van der Waals surface area contributed by atoms with Gasteiger partial charge in [0.2, 0.25) is 5.52 Å². The van der Waals surface area contributed by atoms with Crippen molar-refractivity contribution in [2.45, 2.75) is 24.5 Å². The van der Waals surface area contributed by atoms with Gasteiger partial charge in [-0.3, -0.25) is 19.9 Å². The number of fused-ring (bicyclic) bond motifs is 2. The van der Waals surface area contributed by atoms with E-state index in [1.54, 1.807) is 29.1 Å². The molecule has 0 unspecified atom stereocenters. The number of nitrogens with two attached hydrogens (primary N) is 2. The zero-order chi connectivity index (χ0) is 33.6. The summed E-state index contributed by atoms with van der Waals surface area (Å²) in [5, 5.41) is 27.5. The van der Waals surface area contributed by atoms with Crippen molar-refractivity contribution < 1.29 is 33.3 Å². The number of carbonyl (C=O) groups excluding carboxylic acids is 3. The molecule has 6 rings (SSSR count). The molecule has 47 heavy (non-hydrogen) atoms. The van der Waals surface area contributed by atoms with E-state index in [0.717, 1.165) is 27.8 Å². The molecule has 6 N–H and O–H groups in total. The van der Waals surface area contributed by atoms with Crippen molar-refractivity contribution in [1.82, 2.24) is 19.8 Å². The highest BCUT2D eigenvalue weighted by Gasteiger charge is 2.53. The Balaban J connectivity index is 1.23. The van der Waals surface area contributed by atoms with Gasteiger partial charge in [0.1, 0.15) is 41.4 Å². The minimum atomic E-state index is -1.52. The van der Waals surface area contributed by atoms with E-state index in [1.807, 2.05) is 10.6 Å². The molecule has 3 aromatic heterocycles. The molecule has 4 aromatic rings. The van der Waals surface area contributed by atoms with E-state index < -0.39 is 35.0 Å². The van der Waals surface area contributed by atoms with Crippen LogP contribution >= 0.6 is 34.7 Å². The molecule has 242 valence electrons. The molecule has 14 nitrogen and oxygen atoms in total. The van der Waals surface area contributed by atoms with Crippen LogP contribution in [-0.2, 0) is 32.3 Å². The molecule has 2 aliphatic heterocycles. The molecule has 5 heterocycles. The van der Waals surface area contributed by atoms with E-state index in [0.29, 0.717) is 11.1 Å². The van der Waals surface area contributed by atoms with E-state index in [-0.39, 0.29) is 63.1 Å². The highest BCUT2D eigenvalue weighted by Crippen LogP contribution is 2.40. The van der Waals surface area contributed by atoms with Crippen LogP contribution in [0.5, 0.6) is 0 Å². The number of hydrogen-bond donors (Lipinski definition) is 4. The average molecular weight is 698 g/mol. The molecule has 0 aliphatic carbocycles. The molecule has 0 saturated carbocycles. The first kappa shape index (κ1) is 32.0. The van der Waals surface area contributed by atoms with Crippen molar-refractivity contribution in [2.75, 3.05) is 18.6 Å². The fourth-order valence-corrected chi connectivity index (χ4v) is 7.62. The van der Waals surface area contributed by atoms with Crippen LogP contribution in [0.1, 0.15) is 16.8 Å². The molecule has 2 atom stereocenters. The quantitative estimate of drug-likeness (QED) is 0.0599. The summed E-state index contributed by atoms with van der Waals surface area (Å²) in [7, 11) is 1.26. The Bertz CT molecular complexity index is 2020. The number of hydrogen-bond acceptors (Lipinski definition) is 11. The predicted octanol–water partition coefficient (Wildman–Crippen LogP) is 0.547. The number of amides is 2. The van der Waals surface area contributed by atoms with Gasteiger partial charge < -0.3 is 36.1 Å². The first-order valence-electron chi connectivity index (χ1n) is 13.8. The molecule has 2 aliphatic rings. The molecule has 1 fully saturated rings. The van der Waals surface area contributed by atoms with Crippen LogP contribution in [0.25, 0.3) is 11.0 Å². The summed E-state index contributed by atoms with van der Waals surface area (Å²) >= 11 is 8.74. The molecule has 0 bridgehead atoms. The number of nitrogens with one attached hydrogen (secondary N) is 2. The fourth-order valence-electron chi connectivity index (χ4n) is 5.47. The van der Waals surface area contributed by atoms with Crippen molar-refractivity contribution in [3.63, 3.8) is 0 Å². The molecular formula is C29H25ClFN9O5S2. The monoisotopic (exact) mass is 697 g/mol. The van der Waals surface area contributed by atoms with E-state index in [9.17, 15) is 23.9 Å². The normalized spacial score (nSPS) is 17.8. The van der Waals surface area contributed by atoms with Crippen LogP contribution in [0.3, 0.4) is 0 Å². The molecule has 0 radical (unpaired) electrons. The number of oxime groups is 1. The molecule has 1 saturated heterocycles. The Morgan fingerprint density at radius 2 is 2.15 bits per heavy atom. The van der Waals surface area contributed by atoms with Gasteiger partial charge in [0.15, 0.2) is 23.6 Å². The van der Waals surface area contributed by atoms with Gasteiger partial charge >= 0.3 is 0 Å². The highest BCUT2D eigenvalue weighted by atomic mass is 35.5. The lowest BCUT2D eigenvalue weighted by Crippen LogP contribution is -2.71. The van der Waals surface area contributed by atoms with Gasteiger partial charge in [-0.25, -0.2) is 9.37 Å². The third-order valence-corrected chi connectivity index (χ3v) is 10.00. The van der Waals surface area contributed by atoms with Crippen LogP contribution < -0.4 is 26.5 Å². The number of amidine groups is 1. The summed E-state index contributed by atoms with van der Waals surface area (Å²) in [6, 6.07) is 6.97. The first-order valence-corrected chi connectivity index (χ1v) is 16.1. The van der Waals surface area contributed by atoms with Crippen molar-refractivity contribution >= 4 is 80.2 Å². The van der Waals surface area contributed by atoms with Gasteiger partial charge in [0.25, 0.3) is 11.8 Å². The van der Waals surface area contributed by atoms with Gasteiger partial charge in [0, 0.05) is 51.2 Å². The van der Waals surface area contributed by atoms with Crippen LogP contribution in [0.4, 0.5) is 9.52 Å². The van der Waals surface area contributed by atoms with E-state index in [4.69, 9.17) is 33.3 Å². The molecular weight excluding hydrogens is 673 g/mol. The van der Waals surface area contributed by atoms with E-state index >= 15 is 0 Å². The number of aliphatic carboxylic acids is 1. The maximum Gasteiger partial charge on any atom is 0.276 e. The third kappa shape index (κ3) is 5.88. The van der Waals surface area contributed by atoms with Crippen molar-refractivity contribution in [3.05, 3.63) is 87.0 Å². The van der Waals surface area contributed by atoms with Gasteiger partial charge in [-0.15, -0.1) is 23.1 Å². The second-order valence-electron chi connectivity index (χ2n) is 10.5. The number of carboxylic acids is 1. The summed E-state index contributed by atoms with van der Waals surface area (Å²) in [6.45, 7) is 0.201. The number of thiazole rings is 1. The Morgan fingerprint density at radius 1 is 1.36 bits per heavy atom. The standard InChI is InChI=1S/C29H25ClFN9O5S2/c1-45-37-21(18-12-47-29(34)35-18)25(41)36-22-26(42)40-23(28(43)44)14(11-46-27(22)40)9-38-5-2-3-19-20(38)4-6-39(19)10-15-16(30)7-13(24(32)33)8-17(15)31/h2-8,12,22,27H,9-11H2,1H3,(H6-,32,33,34,35,36,41,43,44)/b37-21-/t22-,27-/m1/s1. The number of benzene rings is 1. The highest BCUT2D eigenvalue weighted by molar-refractivity contribution is 8.00. The van der Waals surface area contributed by atoms with Crippen LogP contribution in [0.15, 0.2) is 64.5 Å². The van der Waals surface area contributed by atoms with Gasteiger partial charge in [-0.2, -0.15) is 4.57 Å². The van der Waals surface area contributed by atoms with Crippen LogP contribution in [0, 0.1) is 11.2 Å². The van der Waals surface area contributed by atoms with Crippen molar-refractivity contribution in [3.8, 4) is 0 Å². The summed E-state index contributed by atoms with van der Waals surface area (Å²) in [6.07, 6.45) is 3.52. The molecule has 1 aromatic carbocycles. The minimum absolute atomic E-state index is 0.0862. The lowest BCUT2D eigenvalue weighted by molar-refractivity contribution is -0.663. The maximum atomic E-state index is 14.9. The number of anilines is 1. The number of halogens is 2. The van der Waals surface area contributed by atoms with Crippen molar-refractivity contribution in [2.24, 2.45) is 10.9 Å². The Labute approximate surface area is 278 Å². The number of nitrogen functional groups attached to an aromatic ring is 2. The van der Waals surface area contributed by atoms with E-state index in [1.165, 1.54) is 30.3 Å². The first-order chi connectivity index (χ1) is 22.5. The second-order valence-corrected chi connectivity index (χ2v) is 12.9. The zero-order valence-corrected chi connectivity index (χ0v) is 26.8. The molecule has 18 heteroatoms. The predicted molar refractivity (Wildman–Crippen MR) is 171 cm³/mol. The van der Waals surface area contributed by atoms with Crippen molar-refractivity contribution in [1.29, 1.82) is 5.41 Å². The SMILES string of the molecule is CO/N=C(\C(=O)N[C@@H]1C(=O)N2C(C(=O)[O-])=C(C[n+]3cccc4c3ccn4Cc3c(F)cc(C(=N)N)cc3Cl)CS[C@H]12)c1csc(N)n1. The number of rotatable bonds is 10. The number of carbonyl (C=O) groups is 3. The number of nitrogens with zero attached hydrogens (tertiary/aromatic N) is 5. The minimum Gasteiger partial charge on any atom is -0.543 e. The largest absolute Gasteiger partial charge is 0.543 e. The number of carboxylic acid groups (broad SMARTS) is 1. The molecule has 0 spiro atoms. The van der Waals surface area contributed by atoms with Gasteiger partial charge in [0.05, 0.1) is 18.2 Å². The summed E-state index contributed by atoms with van der Waals surface area (Å²) < 4.78 is 18.5. The number of pyridine rings is 1. The van der Waals surface area contributed by atoms with Gasteiger partial charge in [-0.05, 0) is 18.2 Å². The summed E-state index contributed by atoms with van der Waals surface area (Å²) in [5.41, 5.74) is 13.1. The smallest absolute Gasteiger partial charge is 0.276 e.